The summed E-state index contributed by atoms with van der Waals surface area (Å²) < 4.78 is 15.2. The van der Waals surface area contributed by atoms with Gasteiger partial charge < -0.3 is 10.2 Å². The monoisotopic (exact) mass is 374 g/mol. The molecule has 2 fully saturated rings. The molecular weight excluding hydrogens is 347 g/mol. The normalized spacial score (nSPS) is 48.3. The van der Waals surface area contributed by atoms with Gasteiger partial charge in [0.1, 0.15) is 18.4 Å². The zero-order chi connectivity index (χ0) is 19.8. The summed E-state index contributed by atoms with van der Waals surface area (Å²) in [4.78, 5) is 24.3. The highest BCUT2D eigenvalue weighted by Crippen LogP contribution is 2.66. The highest BCUT2D eigenvalue weighted by Gasteiger charge is 2.67. The third-order valence-corrected chi connectivity index (χ3v) is 8.09. The minimum atomic E-state index is -1.60. The predicted molar refractivity (Wildman–Crippen MR) is 98.5 cm³/mol. The maximum Gasteiger partial charge on any atom is 0.190 e. The van der Waals surface area contributed by atoms with Crippen LogP contribution in [0.25, 0.3) is 0 Å². The van der Waals surface area contributed by atoms with Gasteiger partial charge in [-0.1, -0.05) is 31.6 Å². The zero-order valence-corrected chi connectivity index (χ0v) is 16.0. The molecule has 4 rings (SSSR count). The molecule has 4 nitrogen and oxygen atoms in total. The van der Waals surface area contributed by atoms with Crippen LogP contribution in [0.15, 0.2) is 35.5 Å². The van der Waals surface area contributed by atoms with E-state index in [1.807, 2.05) is 20.8 Å². The maximum absolute atomic E-state index is 15.2. The van der Waals surface area contributed by atoms with E-state index in [9.17, 15) is 19.8 Å². The maximum atomic E-state index is 15.2. The van der Waals surface area contributed by atoms with Gasteiger partial charge in [0, 0.05) is 10.8 Å². The summed E-state index contributed by atoms with van der Waals surface area (Å²) in [5.74, 6) is -1.16. The van der Waals surface area contributed by atoms with Gasteiger partial charge in [0.25, 0.3) is 0 Å². The van der Waals surface area contributed by atoms with Crippen molar-refractivity contribution in [2.45, 2.75) is 51.8 Å². The molecule has 0 radical (unpaired) electrons. The van der Waals surface area contributed by atoms with Crippen LogP contribution in [-0.4, -0.2) is 40.2 Å². The van der Waals surface area contributed by atoms with Crippen molar-refractivity contribution >= 4 is 11.6 Å². The first-order chi connectivity index (χ1) is 12.6. The minimum Gasteiger partial charge on any atom is -0.388 e. The lowest BCUT2D eigenvalue weighted by atomic mass is 9.51. The van der Waals surface area contributed by atoms with Crippen molar-refractivity contribution in [2.24, 2.45) is 28.6 Å². The fourth-order valence-electron chi connectivity index (χ4n) is 6.59. The third-order valence-electron chi connectivity index (χ3n) is 8.09. The standard InChI is InChI=1S/C22H27FO4/c1-12-8-16-14-10-18(23)17-9-13(25)4-6-20(17,2)15(14)5-7-21(16,3)22(12,27)19(26)11-24/h4-6,9,12,14,16,18,24,27H,7-8,10-11H2,1-3H3/t12-,14+,16-,18+,20+,21-,22-/m0/s1. The van der Waals surface area contributed by atoms with E-state index in [2.05, 4.69) is 6.08 Å². The number of ketones is 2. The van der Waals surface area contributed by atoms with E-state index in [0.29, 0.717) is 18.4 Å². The molecule has 0 spiro atoms. The molecule has 0 aromatic rings. The molecule has 0 saturated heterocycles. The summed E-state index contributed by atoms with van der Waals surface area (Å²) in [6.07, 6.45) is 6.96. The van der Waals surface area contributed by atoms with E-state index in [4.69, 9.17) is 0 Å². The van der Waals surface area contributed by atoms with Crippen LogP contribution in [-0.2, 0) is 9.59 Å². The second-order valence-electron chi connectivity index (χ2n) is 9.22. The molecule has 0 aromatic carbocycles. The van der Waals surface area contributed by atoms with Crippen LogP contribution in [0.2, 0.25) is 0 Å². The molecular formula is C22H27FO4. The number of Topliss-reactive ketones (excluding diaryl/α,β-unsaturated/α-hetero) is 1. The Hall–Kier alpha value is -1.59. The van der Waals surface area contributed by atoms with Crippen molar-refractivity contribution in [3.63, 3.8) is 0 Å². The fraction of sp³-hybridized carbons (Fsp3) is 0.636. The van der Waals surface area contributed by atoms with Crippen molar-refractivity contribution < 1.29 is 24.2 Å². The lowest BCUT2D eigenvalue weighted by Gasteiger charge is -2.54. The summed E-state index contributed by atoms with van der Waals surface area (Å²) in [6.45, 7) is 5.02. The number of carbonyl (C=O) groups is 2. The number of aliphatic hydroxyl groups is 2. The summed E-state index contributed by atoms with van der Waals surface area (Å²) in [5, 5.41) is 20.8. The molecule has 7 atom stereocenters. The molecule has 0 aliphatic heterocycles. The second kappa shape index (κ2) is 5.71. The number of hydrogen-bond donors (Lipinski definition) is 2. The number of allylic oxidation sites excluding steroid dienone is 6. The van der Waals surface area contributed by atoms with Crippen molar-refractivity contribution in [2.75, 3.05) is 6.61 Å². The quantitative estimate of drug-likeness (QED) is 0.729. The topological polar surface area (TPSA) is 74.6 Å². The van der Waals surface area contributed by atoms with E-state index in [-0.39, 0.29) is 30.0 Å². The van der Waals surface area contributed by atoms with E-state index < -0.39 is 35.0 Å². The molecule has 4 aliphatic rings. The first-order valence-corrected chi connectivity index (χ1v) is 9.76. The van der Waals surface area contributed by atoms with Gasteiger partial charge >= 0.3 is 0 Å². The average Bonchev–Trinajstić information content (AvgIpc) is 2.84. The molecule has 0 heterocycles. The van der Waals surface area contributed by atoms with E-state index in [1.54, 1.807) is 6.08 Å². The van der Waals surface area contributed by atoms with Crippen LogP contribution in [0, 0.1) is 28.6 Å². The highest BCUT2D eigenvalue weighted by atomic mass is 19.1. The van der Waals surface area contributed by atoms with Crippen LogP contribution >= 0.6 is 0 Å². The molecule has 27 heavy (non-hydrogen) atoms. The molecule has 2 N–H and O–H groups in total. The van der Waals surface area contributed by atoms with Gasteiger partial charge in [-0.25, -0.2) is 4.39 Å². The van der Waals surface area contributed by atoms with Crippen LogP contribution in [0.3, 0.4) is 0 Å². The van der Waals surface area contributed by atoms with Gasteiger partial charge in [-0.15, -0.1) is 0 Å². The third kappa shape index (κ3) is 2.16. The van der Waals surface area contributed by atoms with Crippen molar-refractivity contribution in [3.8, 4) is 0 Å². The van der Waals surface area contributed by atoms with Crippen LogP contribution < -0.4 is 0 Å². The number of rotatable bonds is 2. The van der Waals surface area contributed by atoms with Gasteiger partial charge in [-0.3, -0.25) is 9.59 Å². The van der Waals surface area contributed by atoms with Gasteiger partial charge in [-0.05, 0) is 61.7 Å². The first kappa shape index (κ1) is 18.8. The molecule has 0 bridgehead atoms. The predicted octanol–water partition coefficient (Wildman–Crippen LogP) is 2.70. The van der Waals surface area contributed by atoms with Crippen LogP contribution in [0.4, 0.5) is 4.39 Å². The lowest BCUT2D eigenvalue weighted by Crippen LogP contribution is -2.57. The molecule has 0 unspecified atom stereocenters. The highest BCUT2D eigenvalue weighted by molar-refractivity contribution is 6.01. The molecule has 0 amide bonds. The summed E-state index contributed by atoms with van der Waals surface area (Å²) in [5.41, 5.74) is -1.33. The zero-order valence-electron chi connectivity index (χ0n) is 16.0. The smallest absolute Gasteiger partial charge is 0.190 e. The minimum absolute atomic E-state index is 0.0457. The number of halogens is 1. The van der Waals surface area contributed by atoms with Crippen LogP contribution in [0.5, 0.6) is 0 Å². The molecule has 2 saturated carbocycles. The SMILES string of the molecule is C[C@H]1C[C@H]2[C@@H]3C[C@@H](F)C4=CC(=O)C=C[C@]4(C)C3=CC[C@]2(C)[C@@]1(O)C(=O)CO. The summed E-state index contributed by atoms with van der Waals surface area (Å²) in [6, 6.07) is 0. The van der Waals surface area contributed by atoms with E-state index in [0.717, 1.165) is 5.57 Å². The van der Waals surface area contributed by atoms with Gasteiger partial charge in [0.15, 0.2) is 11.6 Å². The van der Waals surface area contributed by atoms with Gasteiger partial charge in [0.2, 0.25) is 0 Å². The second-order valence-corrected chi connectivity index (χ2v) is 9.22. The van der Waals surface area contributed by atoms with Crippen LogP contribution in [0.1, 0.15) is 40.0 Å². The Labute approximate surface area is 158 Å². The van der Waals surface area contributed by atoms with E-state index >= 15 is 4.39 Å². The number of alkyl halides is 1. The van der Waals surface area contributed by atoms with Crippen molar-refractivity contribution in [1.82, 2.24) is 0 Å². The Morgan fingerprint density at radius 3 is 2.67 bits per heavy atom. The molecule has 5 heteroatoms. The molecule has 4 aliphatic carbocycles. The Bertz CT molecular complexity index is 811. The largest absolute Gasteiger partial charge is 0.388 e. The number of fused-ring (bicyclic) bond motifs is 5. The Morgan fingerprint density at radius 2 is 2.00 bits per heavy atom. The van der Waals surface area contributed by atoms with Crippen molar-refractivity contribution in [3.05, 3.63) is 35.5 Å². The average molecular weight is 374 g/mol. The lowest BCUT2D eigenvalue weighted by molar-refractivity contribution is -0.161. The van der Waals surface area contributed by atoms with E-state index in [1.165, 1.54) is 12.2 Å². The Kier molecular flexibility index (Phi) is 3.97. The number of carbonyl (C=O) groups excluding carboxylic acids is 2. The fourth-order valence-corrected chi connectivity index (χ4v) is 6.59. The first-order valence-electron chi connectivity index (χ1n) is 9.76. The number of aliphatic hydroxyl groups excluding tert-OH is 1. The van der Waals surface area contributed by atoms with Gasteiger partial charge in [0.05, 0.1) is 0 Å². The van der Waals surface area contributed by atoms with Crippen molar-refractivity contribution in [1.29, 1.82) is 0 Å². The molecule has 0 aromatic heterocycles. The number of hydrogen-bond acceptors (Lipinski definition) is 4. The summed E-state index contributed by atoms with van der Waals surface area (Å²) >= 11 is 0. The Morgan fingerprint density at radius 1 is 1.30 bits per heavy atom. The Balaban J connectivity index is 1.82. The molecule has 146 valence electrons. The summed E-state index contributed by atoms with van der Waals surface area (Å²) in [7, 11) is 0. The van der Waals surface area contributed by atoms with Gasteiger partial charge in [-0.2, -0.15) is 0 Å².